The summed E-state index contributed by atoms with van der Waals surface area (Å²) in [5.41, 5.74) is 2.11. The van der Waals surface area contributed by atoms with E-state index in [1.165, 1.54) is 24.6 Å². The van der Waals surface area contributed by atoms with E-state index in [9.17, 15) is 18.7 Å². The number of benzene rings is 2. The molecule has 1 saturated heterocycles. The Hall–Kier alpha value is -3.40. The van der Waals surface area contributed by atoms with Crippen molar-refractivity contribution in [1.82, 2.24) is 20.9 Å². The third kappa shape index (κ3) is 8.31. The summed E-state index contributed by atoms with van der Waals surface area (Å²) in [6.07, 6.45) is 2.39. The van der Waals surface area contributed by atoms with Gasteiger partial charge in [-0.15, -0.1) is 0 Å². The van der Waals surface area contributed by atoms with E-state index in [2.05, 4.69) is 71.3 Å². The van der Waals surface area contributed by atoms with E-state index < -0.39 is 29.3 Å². The van der Waals surface area contributed by atoms with Gasteiger partial charge in [-0.2, -0.15) is 0 Å². The zero-order valence-corrected chi connectivity index (χ0v) is 24.2. The number of nitrogens with zero attached hydrogens (tertiary/aromatic N) is 1. The van der Waals surface area contributed by atoms with Gasteiger partial charge >= 0.3 is 0 Å². The van der Waals surface area contributed by atoms with E-state index in [4.69, 9.17) is 0 Å². The number of rotatable bonds is 10. The Kier molecular flexibility index (Phi) is 9.73. The third-order valence-corrected chi connectivity index (χ3v) is 7.66. The zero-order chi connectivity index (χ0) is 29.6. The number of hydrogen-bond donors (Lipinski definition) is 5. The van der Waals surface area contributed by atoms with Crippen molar-refractivity contribution in [3.63, 3.8) is 0 Å². The number of aliphatic hydroxyl groups is 1. The maximum absolute atomic E-state index is 13.8. The molecule has 2 heterocycles. The van der Waals surface area contributed by atoms with E-state index in [0.29, 0.717) is 12.1 Å². The first-order valence-electron chi connectivity index (χ1n) is 14.1. The van der Waals surface area contributed by atoms with Gasteiger partial charge in [0.2, 0.25) is 5.91 Å². The highest BCUT2D eigenvalue weighted by Crippen LogP contribution is 2.33. The van der Waals surface area contributed by atoms with E-state index in [-0.39, 0.29) is 30.5 Å². The summed E-state index contributed by atoms with van der Waals surface area (Å²) >= 11 is 0. The number of piperidine rings is 1. The van der Waals surface area contributed by atoms with Crippen LogP contribution in [0, 0.1) is 11.6 Å². The molecule has 0 saturated carbocycles. The van der Waals surface area contributed by atoms with Crippen LogP contribution in [0.15, 0.2) is 66.9 Å². The predicted molar refractivity (Wildman–Crippen MR) is 157 cm³/mol. The minimum Gasteiger partial charge on any atom is -0.390 e. The highest BCUT2D eigenvalue weighted by molar-refractivity contribution is 5.73. The van der Waals surface area contributed by atoms with Gasteiger partial charge in [-0.25, -0.2) is 13.8 Å². The number of hydrogen-bond acceptors (Lipinski definition) is 6. The van der Waals surface area contributed by atoms with Crippen molar-refractivity contribution in [1.29, 1.82) is 0 Å². The second-order valence-electron chi connectivity index (χ2n) is 12.0. The minimum absolute atomic E-state index is 0.0190. The van der Waals surface area contributed by atoms with Gasteiger partial charge in [0.1, 0.15) is 17.5 Å². The Labute approximate surface area is 241 Å². The van der Waals surface area contributed by atoms with Gasteiger partial charge in [0, 0.05) is 32.3 Å². The van der Waals surface area contributed by atoms with Crippen LogP contribution >= 0.6 is 0 Å². The number of carbonyl (C=O) groups excluding carboxylic acids is 1. The van der Waals surface area contributed by atoms with Crippen molar-refractivity contribution >= 4 is 11.7 Å². The second kappa shape index (κ2) is 13.1. The first-order valence-corrected chi connectivity index (χ1v) is 14.1. The predicted octanol–water partition coefficient (Wildman–Crippen LogP) is 4.37. The molecule has 2 aromatic carbocycles. The number of amides is 1. The molecule has 1 aliphatic heterocycles. The van der Waals surface area contributed by atoms with Crippen LogP contribution in [-0.4, -0.2) is 47.4 Å². The molecule has 1 amide bonds. The molecule has 1 fully saturated rings. The second-order valence-corrected chi connectivity index (χ2v) is 12.0. The minimum atomic E-state index is -1.02. The van der Waals surface area contributed by atoms with Gasteiger partial charge in [-0.3, -0.25) is 10.1 Å². The molecule has 7 nitrogen and oxygen atoms in total. The van der Waals surface area contributed by atoms with Crippen LogP contribution in [0.3, 0.4) is 0 Å². The molecule has 4 atom stereocenters. The molecule has 1 aromatic heterocycles. The fourth-order valence-electron chi connectivity index (χ4n) is 5.38. The molecular formula is C32H41F2N5O2. The molecule has 4 rings (SSSR count). The van der Waals surface area contributed by atoms with Crippen LogP contribution in [-0.2, 0) is 22.2 Å². The Morgan fingerprint density at radius 2 is 1.88 bits per heavy atom. The van der Waals surface area contributed by atoms with E-state index in [1.807, 2.05) is 18.2 Å². The summed E-state index contributed by atoms with van der Waals surface area (Å²) in [5, 5.41) is 24.7. The Morgan fingerprint density at radius 3 is 2.49 bits per heavy atom. The van der Waals surface area contributed by atoms with Crippen molar-refractivity contribution in [3.8, 4) is 0 Å². The molecule has 1 aliphatic rings. The number of pyridine rings is 1. The number of halogens is 2. The van der Waals surface area contributed by atoms with Crippen molar-refractivity contribution < 1.29 is 18.7 Å². The van der Waals surface area contributed by atoms with Gasteiger partial charge in [0.25, 0.3) is 0 Å². The molecule has 220 valence electrons. The molecule has 0 bridgehead atoms. The normalized spacial score (nSPS) is 20.7. The summed E-state index contributed by atoms with van der Waals surface area (Å²) in [6, 6.07) is 16.7. The largest absolute Gasteiger partial charge is 0.390 e. The standard InChI is InChI=1S/C32H41F2N5O2/c1-21(40)38-27(16-22-14-25(33)18-26(34)15-22)28(41)19-37-32(24-9-7-8-23(17-24)31(2,3)4)12-11-30(36-20-32)39-29-10-5-6-13-35-29/h5-10,13-15,17-18,27-28,30,36-37,41H,11-12,16,19-20H2,1-4H3,(H,35,39)(H,38,40)/t27-,28+,30-,32-/m0/s1. The summed E-state index contributed by atoms with van der Waals surface area (Å²) in [7, 11) is 0. The number of nitrogens with one attached hydrogen (secondary N) is 4. The average molecular weight is 566 g/mol. The molecule has 0 spiro atoms. The summed E-state index contributed by atoms with van der Waals surface area (Å²) in [5.74, 6) is -0.938. The lowest BCUT2D eigenvalue weighted by atomic mass is 9.78. The number of anilines is 1. The van der Waals surface area contributed by atoms with Crippen LogP contribution < -0.4 is 21.3 Å². The molecular weight excluding hydrogens is 524 g/mol. The first-order chi connectivity index (χ1) is 19.4. The zero-order valence-electron chi connectivity index (χ0n) is 24.2. The third-order valence-electron chi connectivity index (χ3n) is 7.66. The van der Waals surface area contributed by atoms with Crippen LogP contribution in [0.5, 0.6) is 0 Å². The molecule has 5 N–H and O–H groups in total. The average Bonchev–Trinajstić information content (AvgIpc) is 2.92. The van der Waals surface area contributed by atoms with Crippen molar-refractivity contribution in [2.24, 2.45) is 0 Å². The summed E-state index contributed by atoms with van der Waals surface area (Å²) in [6.45, 7) is 8.62. The Bertz CT molecular complexity index is 1290. The fraction of sp³-hybridized carbons (Fsp3) is 0.438. The maximum Gasteiger partial charge on any atom is 0.217 e. The SMILES string of the molecule is CC(=O)N[C@@H](Cc1cc(F)cc(F)c1)[C@H](O)CN[C@@]1(c2cccc(C(C)(C)C)c2)CC[C@H](Nc2ccccn2)NC1. The lowest BCUT2D eigenvalue weighted by Crippen LogP contribution is -2.60. The van der Waals surface area contributed by atoms with E-state index >= 15 is 0 Å². The molecule has 41 heavy (non-hydrogen) atoms. The summed E-state index contributed by atoms with van der Waals surface area (Å²) in [4.78, 5) is 16.4. The molecule has 0 radical (unpaired) electrons. The molecule has 0 unspecified atom stereocenters. The Balaban J connectivity index is 1.54. The lowest BCUT2D eigenvalue weighted by Gasteiger charge is -2.43. The lowest BCUT2D eigenvalue weighted by molar-refractivity contribution is -0.120. The van der Waals surface area contributed by atoms with E-state index in [0.717, 1.165) is 30.3 Å². The van der Waals surface area contributed by atoms with Gasteiger partial charge in [0.15, 0.2) is 0 Å². The first kappa shape index (κ1) is 30.6. The Morgan fingerprint density at radius 1 is 1.12 bits per heavy atom. The topological polar surface area (TPSA) is 98.3 Å². The highest BCUT2D eigenvalue weighted by atomic mass is 19.1. The molecule has 0 aliphatic carbocycles. The monoisotopic (exact) mass is 565 g/mol. The number of carbonyl (C=O) groups is 1. The van der Waals surface area contributed by atoms with Gasteiger partial charge in [-0.05, 0) is 65.6 Å². The maximum atomic E-state index is 13.8. The fourth-order valence-corrected chi connectivity index (χ4v) is 5.38. The number of aliphatic hydroxyl groups excluding tert-OH is 1. The van der Waals surface area contributed by atoms with Gasteiger partial charge in [-0.1, -0.05) is 51.1 Å². The van der Waals surface area contributed by atoms with Crippen molar-refractivity contribution in [2.45, 2.75) is 76.2 Å². The van der Waals surface area contributed by atoms with Crippen molar-refractivity contribution in [3.05, 3.63) is 95.2 Å². The molecule has 9 heteroatoms. The van der Waals surface area contributed by atoms with Gasteiger partial charge in [0.05, 0.1) is 23.9 Å². The van der Waals surface area contributed by atoms with Crippen molar-refractivity contribution in [2.75, 3.05) is 18.4 Å². The number of aromatic nitrogens is 1. The summed E-state index contributed by atoms with van der Waals surface area (Å²) < 4.78 is 27.7. The van der Waals surface area contributed by atoms with E-state index in [1.54, 1.807) is 6.20 Å². The van der Waals surface area contributed by atoms with Crippen LogP contribution in [0.4, 0.5) is 14.6 Å². The van der Waals surface area contributed by atoms with Crippen LogP contribution in [0.1, 0.15) is 57.2 Å². The van der Waals surface area contributed by atoms with Gasteiger partial charge < -0.3 is 21.1 Å². The van der Waals surface area contributed by atoms with Crippen LogP contribution in [0.2, 0.25) is 0 Å². The molecule has 3 aromatic rings. The highest BCUT2D eigenvalue weighted by Gasteiger charge is 2.38. The smallest absolute Gasteiger partial charge is 0.217 e. The van der Waals surface area contributed by atoms with Crippen LogP contribution in [0.25, 0.3) is 0 Å². The quantitative estimate of drug-likeness (QED) is 0.251.